The number of nitrogens with zero attached hydrogens (tertiary/aromatic N) is 3. The van der Waals surface area contributed by atoms with Crippen LogP contribution in [0.3, 0.4) is 0 Å². The Bertz CT molecular complexity index is 1130. The molecule has 12 heteroatoms. The molecular formula is C24H28FN5O6. The summed E-state index contributed by atoms with van der Waals surface area (Å²) in [7, 11) is 1.58. The number of rotatable bonds is 11. The van der Waals surface area contributed by atoms with E-state index in [0.717, 1.165) is 0 Å². The lowest BCUT2D eigenvalue weighted by molar-refractivity contribution is -0.200. The van der Waals surface area contributed by atoms with E-state index in [0.29, 0.717) is 48.1 Å². The summed E-state index contributed by atoms with van der Waals surface area (Å²) < 4.78 is 35.5. The molecule has 3 aromatic rings. The number of imidazole rings is 1. The largest absolute Gasteiger partial charge is 0.461 e. The highest BCUT2D eigenvalue weighted by atomic mass is 19.1. The zero-order valence-corrected chi connectivity index (χ0v) is 19.8. The second-order valence-electron chi connectivity index (χ2n) is 7.99. The number of methoxy groups -OCH3 is 1. The van der Waals surface area contributed by atoms with Crippen LogP contribution < -0.4 is 10.1 Å². The van der Waals surface area contributed by atoms with Gasteiger partial charge in [0, 0.05) is 25.4 Å². The Hall–Kier alpha value is -3.45. The van der Waals surface area contributed by atoms with Gasteiger partial charge in [-0.1, -0.05) is 0 Å². The van der Waals surface area contributed by atoms with Gasteiger partial charge >= 0.3 is 6.01 Å². The summed E-state index contributed by atoms with van der Waals surface area (Å²) in [5.41, 5.74) is 2.42. The van der Waals surface area contributed by atoms with Crippen molar-refractivity contribution in [3.05, 3.63) is 48.2 Å². The maximum Gasteiger partial charge on any atom is 0.317 e. The Morgan fingerprint density at radius 1 is 1.19 bits per heavy atom. The van der Waals surface area contributed by atoms with Crippen LogP contribution in [0.2, 0.25) is 0 Å². The first-order valence-electron chi connectivity index (χ1n) is 11.5. The number of nitrogens with one attached hydrogen (secondary N) is 2. The van der Waals surface area contributed by atoms with Crippen molar-refractivity contribution in [2.45, 2.75) is 12.7 Å². The number of aromatic amines is 1. The number of aromatic nitrogens is 4. The Labute approximate surface area is 207 Å². The molecule has 0 atom stereocenters. The van der Waals surface area contributed by atoms with E-state index in [2.05, 4.69) is 20.3 Å². The highest BCUT2D eigenvalue weighted by molar-refractivity contribution is 5.79. The number of aliphatic hydroxyl groups excluding tert-OH is 1. The number of aliphatic hydroxyl groups is 1. The zero-order chi connectivity index (χ0) is 25.3. The molecular weight excluding hydrogens is 473 g/mol. The van der Waals surface area contributed by atoms with Crippen molar-refractivity contribution in [3.8, 4) is 28.7 Å². The van der Waals surface area contributed by atoms with Crippen molar-refractivity contribution in [2.75, 3.05) is 46.7 Å². The van der Waals surface area contributed by atoms with Gasteiger partial charge in [0.15, 0.2) is 6.29 Å². The van der Waals surface area contributed by atoms with Crippen LogP contribution in [0.25, 0.3) is 22.6 Å². The van der Waals surface area contributed by atoms with Crippen molar-refractivity contribution in [2.24, 2.45) is 5.92 Å². The third-order valence-electron chi connectivity index (χ3n) is 5.39. The second kappa shape index (κ2) is 12.5. The first-order valence-corrected chi connectivity index (χ1v) is 11.5. The van der Waals surface area contributed by atoms with Gasteiger partial charge in [0.25, 0.3) is 0 Å². The molecule has 0 saturated carbocycles. The molecule has 2 aromatic heterocycles. The summed E-state index contributed by atoms with van der Waals surface area (Å²) in [6.45, 7) is 1.13. The molecule has 0 spiro atoms. The zero-order valence-electron chi connectivity index (χ0n) is 19.8. The molecule has 0 bridgehead atoms. The van der Waals surface area contributed by atoms with Gasteiger partial charge in [0.1, 0.15) is 18.2 Å². The fourth-order valence-electron chi connectivity index (χ4n) is 3.58. The van der Waals surface area contributed by atoms with E-state index < -0.39 is 12.2 Å². The van der Waals surface area contributed by atoms with Crippen LogP contribution in [0.4, 0.5) is 4.39 Å². The average Bonchev–Trinajstić information content (AvgIpc) is 3.32. The summed E-state index contributed by atoms with van der Waals surface area (Å²) in [4.78, 5) is 28.7. The van der Waals surface area contributed by atoms with Gasteiger partial charge in [-0.25, -0.2) is 14.4 Å². The first-order chi connectivity index (χ1) is 17.6. The molecule has 4 rings (SSSR count). The molecule has 1 saturated heterocycles. The normalized spacial score (nSPS) is 17.6. The number of hydrogen-bond donors (Lipinski definition) is 3. The van der Waals surface area contributed by atoms with Crippen LogP contribution in [-0.4, -0.2) is 83.9 Å². The molecule has 1 amide bonds. The van der Waals surface area contributed by atoms with Gasteiger partial charge in [0.05, 0.1) is 55.8 Å². The summed E-state index contributed by atoms with van der Waals surface area (Å²) in [6.07, 6.45) is 1.27. The summed E-state index contributed by atoms with van der Waals surface area (Å²) in [6, 6.07) is 7.91. The van der Waals surface area contributed by atoms with Crippen molar-refractivity contribution in [3.63, 3.8) is 0 Å². The third kappa shape index (κ3) is 6.61. The molecule has 1 fully saturated rings. The van der Waals surface area contributed by atoms with Crippen molar-refractivity contribution in [1.82, 2.24) is 25.3 Å². The molecule has 1 aromatic carbocycles. The lowest BCUT2D eigenvalue weighted by Gasteiger charge is -2.28. The van der Waals surface area contributed by atoms with Gasteiger partial charge in [-0.2, -0.15) is 4.98 Å². The molecule has 3 N–H and O–H groups in total. The minimum Gasteiger partial charge on any atom is -0.461 e. The standard InChI is InChI=1S/C24H28FN5O6/c1-33-10-11-34-24-27-7-6-18(28-24)22-21(15-2-4-17(25)5-3-15)29-19(30-22)12-20-35-13-16(14-36-20)23(32)26-8-9-31/h2-7,16,20,31H,8-14H2,1H3,(H,26,32)(H,29,30). The average molecular weight is 502 g/mol. The summed E-state index contributed by atoms with van der Waals surface area (Å²) >= 11 is 0. The van der Waals surface area contributed by atoms with E-state index in [9.17, 15) is 9.18 Å². The molecule has 0 aliphatic carbocycles. The van der Waals surface area contributed by atoms with Crippen LogP contribution in [0.1, 0.15) is 5.82 Å². The lowest BCUT2D eigenvalue weighted by atomic mass is 10.1. The Balaban J connectivity index is 1.52. The van der Waals surface area contributed by atoms with E-state index in [1.807, 2.05) is 0 Å². The van der Waals surface area contributed by atoms with E-state index >= 15 is 0 Å². The fourth-order valence-corrected chi connectivity index (χ4v) is 3.58. The highest BCUT2D eigenvalue weighted by Crippen LogP contribution is 2.30. The van der Waals surface area contributed by atoms with Crippen LogP contribution in [0.5, 0.6) is 6.01 Å². The summed E-state index contributed by atoms with van der Waals surface area (Å²) in [5, 5.41) is 11.5. The quantitative estimate of drug-likeness (QED) is 0.332. The van der Waals surface area contributed by atoms with Crippen LogP contribution in [0, 0.1) is 11.7 Å². The van der Waals surface area contributed by atoms with Gasteiger partial charge in [-0.3, -0.25) is 4.79 Å². The number of carbonyl (C=O) groups is 1. The number of H-pyrrole nitrogens is 1. The monoisotopic (exact) mass is 501 g/mol. The smallest absolute Gasteiger partial charge is 0.317 e. The van der Waals surface area contributed by atoms with E-state index in [1.54, 1.807) is 31.5 Å². The number of benzene rings is 1. The van der Waals surface area contributed by atoms with Crippen LogP contribution >= 0.6 is 0 Å². The molecule has 1 aliphatic heterocycles. The SMILES string of the molecule is COCCOc1nccc(-c2[nH]c(CC3OCC(C(=O)NCCO)CO3)nc2-c2ccc(F)cc2)n1. The van der Waals surface area contributed by atoms with Crippen molar-refractivity contribution >= 4 is 5.91 Å². The van der Waals surface area contributed by atoms with Gasteiger partial charge < -0.3 is 34.4 Å². The number of hydrogen-bond acceptors (Lipinski definition) is 9. The van der Waals surface area contributed by atoms with Crippen molar-refractivity contribution < 1.29 is 33.2 Å². The second-order valence-corrected chi connectivity index (χ2v) is 7.99. The number of ether oxygens (including phenoxy) is 4. The molecule has 0 unspecified atom stereocenters. The minimum absolute atomic E-state index is 0.132. The number of amides is 1. The van der Waals surface area contributed by atoms with Gasteiger partial charge in [0.2, 0.25) is 5.91 Å². The Morgan fingerprint density at radius 3 is 2.69 bits per heavy atom. The molecule has 36 heavy (non-hydrogen) atoms. The molecule has 3 heterocycles. The van der Waals surface area contributed by atoms with Gasteiger partial charge in [-0.15, -0.1) is 0 Å². The van der Waals surface area contributed by atoms with Gasteiger partial charge in [-0.05, 0) is 30.3 Å². The minimum atomic E-state index is -0.606. The summed E-state index contributed by atoms with van der Waals surface area (Å²) in [5.74, 6) is -0.465. The van der Waals surface area contributed by atoms with Crippen LogP contribution in [-0.2, 0) is 25.4 Å². The highest BCUT2D eigenvalue weighted by Gasteiger charge is 2.28. The molecule has 0 radical (unpaired) electrons. The van der Waals surface area contributed by atoms with Crippen molar-refractivity contribution in [1.29, 1.82) is 0 Å². The topological polar surface area (TPSA) is 141 Å². The van der Waals surface area contributed by atoms with E-state index in [-0.39, 0.29) is 44.1 Å². The predicted molar refractivity (Wildman–Crippen MR) is 125 cm³/mol. The van der Waals surface area contributed by atoms with E-state index in [4.69, 9.17) is 29.0 Å². The van der Waals surface area contributed by atoms with Crippen LogP contribution in [0.15, 0.2) is 36.5 Å². The fraction of sp³-hybridized carbons (Fsp3) is 0.417. The number of halogens is 1. The number of carbonyl (C=O) groups excluding carboxylic acids is 1. The Morgan fingerprint density at radius 2 is 1.97 bits per heavy atom. The predicted octanol–water partition coefficient (Wildman–Crippen LogP) is 1.34. The molecule has 11 nitrogen and oxygen atoms in total. The maximum absolute atomic E-state index is 13.5. The molecule has 1 aliphatic rings. The first kappa shape index (κ1) is 25.6. The maximum atomic E-state index is 13.5. The van der Waals surface area contributed by atoms with E-state index in [1.165, 1.54) is 12.1 Å². The Kier molecular flexibility index (Phi) is 8.90. The lowest BCUT2D eigenvalue weighted by Crippen LogP contribution is -2.43. The molecule has 192 valence electrons. The third-order valence-corrected chi connectivity index (χ3v) is 5.39.